The van der Waals surface area contributed by atoms with E-state index in [9.17, 15) is 8.42 Å². The van der Waals surface area contributed by atoms with Crippen LogP contribution in [0.1, 0.15) is 20.3 Å². The summed E-state index contributed by atoms with van der Waals surface area (Å²) in [6.07, 6.45) is 0.765. The molecule has 0 fully saturated rings. The second-order valence-corrected chi connectivity index (χ2v) is 7.45. The lowest BCUT2D eigenvalue weighted by molar-refractivity contribution is 0.427. The van der Waals surface area contributed by atoms with Crippen LogP contribution in [0.15, 0.2) is 26.0 Å². The fraction of sp³-hybridized carbons (Fsp3) is 0.455. The molecule has 0 aliphatic carbocycles. The van der Waals surface area contributed by atoms with E-state index in [0.29, 0.717) is 17.6 Å². The van der Waals surface area contributed by atoms with Crippen LogP contribution in [0.4, 0.5) is 5.69 Å². The topological polar surface area (TPSA) is 63.4 Å². The average Bonchev–Trinajstić information content (AvgIpc) is 2.23. The Hall–Kier alpha value is -0.110. The molecule has 1 aromatic rings. The van der Waals surface area contributed by atoms with Crippen molar-refractivity contribution in [3.05, 3.63) is 21.1 Å². The molecule has 0 saturated heterocycles. The van der Waals surface area contributed by atoms with Gasteiger partial charge in [-0.2, -0.15) is 4.31 Å². The van der Waals surface area contributed by atoms with E-state index in [-0.39, 0.29) is 10.6 Å². The van der Waals surface area contributed by atoms with Crippen LogP contribution in [-0.4, -0.2) is 25.8 Å². The first-order chi connectivity index (χ1) is 8.34. The molecule has 2 N–H and O–H groups in total. The van der Waals surface area contributed by atoms with Gasteiger partial charge in [-0.05, 0) is 34.5 Å². The number of nitrogens with zero attached hydrogens (tertiary/aromatic N) is 1. The SMILES string of the molecule is CCCN(CC)S(=O)(=O)c1c(N)cc(Br)cc1Br. The molecule has 1 rings (SSSR count). The zero-order valence-electron chi connectivity index (χ0n) is 10.3. The maximum Gasteiger partial charge on any atom is 0.246 e. The highest BCUT2D eigenvalue weighted by atomic mass is 79.9. The second kappa shape index (κ2) is 6.36. The largest absolute Gasteiger partial charge is 0.398 e. The van der Waals surface area contributed by atoms with Crippen molar-refractivity contribution in [3.8, 4) is 0 Å². The van der Waals surface area contributed by atoms with Crippen molar-refractivity contribution in [2.75, 3.05) is 18.8 Å². The third-order valence-electron chi connectivity index (χ3n) is 2.46. The molecule has 0 heterocycles. The molecule has 4 nitrogen and oxygen atoms in total. The van der Waals surface area contributed by atoms with Gasteiger partial charge in [0.2, 0.25) is 10.0 Å². The predicted octanol–water partition coefficient (Wildman–Crippen LogP) is 3.21. The van der Waals surface area contributed by atoms with Crippen LogP contribution in [0.3, 0.4) is 0 Å². The standard InChI is InChI=1S/C11H16Br2N2O2S/c1-3-5-15(4-2)18(16,17)11-9(13)6-8(12)7-10(11)14/h6-7H,3-5,14H2,1-2H3. The summed E-state index contributed by atoms with van der Waals surface area (Å²) in [5.41, 5.74) is 6.07. The van der Waals surface area contributed by atoms with Crippen LogP contribution >= 0.6 is 31.9 Å². The Morgan fingerprint density at radius 1 is 1.28 bits per heavy atom. The van der Waals surface area contributed by atoms with Crippen molar-refractivity contribution in [3.63, 3.8) is 0 Å². The summed E-state index contributed by atoms with van der Waals surface area (Å²) in [4.78, 5) is 0.140. The Morgan fingerprint density at radius 2 is 1.89 bits per heavy atom. The predicted molar refractivity (Wildman–Crippen MR) is 81.0 cm³/mol. The van der Waals surface area contributed by atoms with E-state index >= 15 is 0 Å². The monoisotopic (exact) mass is 398 g/mol. The molecule has 0 radical (unpaired) electrons. The zero-order valence-corrected chi connectivity index (χ0v) is 14.3. The van der Waals surface area contributed by atoms with Gasteiger partial charge in [0, 0.05) is 22.0 Å². The van der Waals surface area contributed by atoms with Crippen LogP contribution in [-0.2, 0) is 10.0 Å². The molecule has 0 spiro atoms. The van der Waals surface area contributed by atoms with Crippen LogP contribution in [0.5, 0.6) is 0 Å². The van der Waals surface area contributed by atoms with Gasteiger partial charge in [0.15, 0.2) is 0 Å². The maximum absolute atomic E-state index is 12.5. The van der Waals surface area contributed by atoms with Crippen molar-refractivity contribution in [2.45, 2.75) is 25.2 Å². The van der Waals surface area contributed by atoms with Crippen LogP contribution < -0.4 is 5.73 Å². The number of halogens is 2. The van der Waals surface area contributed by atoms with E-state index in [2.05, 4.69) is 31.9 Å². The van der Waals surface area contributed by atoms with Crippen molar-refractivity contribution in [1.29, 1.82) is 0 Å². The lowest BCUT2D eigenvalue weighted by atomic mass is 10.3. The summed E-state index contributed by atoms with van der Waals surface area (Å²) in [6.45, 7) is 4.67. The first-order valence-electron chi connectivity index (χ1n) is 5.59. The van der Waals surface area contributed by atoms with Crippen LogP contribution in [0, 0.1) is 0 Å². The summed E-state index contributed by atoms with van der Waals surface area (Å²) < 4.78 is 27.7. The third-order valence-corrected chi connectivity index (χ3v) is 5.90. The second-order valence-electron chi connectivity index (χ2n) is 3.80. The zero-order chi connectivity index (χ0) is 13.9. The summed E-state index contributed by atoms with van der Waals surface area (Å²) in [7, 11) is -3.55. The van der Waals surface area contributed by atoms with E-state index in [1.807, 2.05) is 13.8 Å². The van der Waals surface area contributed by atoms with Crippen LogP contribution in [0.25, 0.3) is 0 Å². The van der Waals surface area contributed by atoms with Gasteiger partial charge in [-0.1, -0.05) is 29.8 Å². The highest BCUT2D eigenvalue weighted by Gasteiger charge is 2.27. The van der Waals surface area contributed by atoms with Gasteiger partial charge in [0.25, 0.3) is 0 Å². The number of nitrogens with two attached hydrogens (primary N) is 1. The molecule has 7 heteroatoms. The minimum absolute atomic E-state index is 0.140. The quantitative estimate of drug-likeness (QED) is 0.773. The molecule has 0 unspecified atom stereocenters. The number of hydrogen-bond donors (Lipinski definition) is 1. The highest BCUT2D eigenvalue weighted by Crippen LogP contribution is 2.33. The van der Waals surface area contributed by atoms with Crippen molar-refractivity contribution in [2.24, 2.45) is 0 Å². The smallest absolute Gasteiger partial charge is 0.246 e. The summed E-state index contributed by atoms with van der Waals surface area (Å²) in [6, 6.07) is 3.28. The summed E-state index contributed by atoms with van der Waals surface area (Å²) in [5.74, 6) is 0. The van der Waals surface area contributed by atoms with Gasteiger partial charge in [-0.15, -0.1) is 0 Å². The Balaban J connectivity index is 3.36. The number of hydrogen-bond acceptors (Lipinski definition) is 3. The molecule has 102 valence electrons. The molecular weight excluding hydrogens is 384 g/mol. The van der Waals surface area contributed by atoms with Gasteiger partial charge in [0.1, 0.15) is 4.90 Å². The van der Waals surface area contributed by atoms with E-state index in [1.54, 1.807) is 12.1 Å². The molecule has 0 aliphatic rings. The molecule has 0 atom stereocenters. The first kappa shape index (κ1) is 15.9. The van der Waals surface area contributed by atoms with Crippen molar-refractivity contribution >= 4 is 47.6 Å². The Labute approximate surface area is 125 Å². The fourth-order valence-corrected chi connectivity index (χ4v) is 5.23. The van der Waals surface area contributed by atoms with Gasteiger partial charge < -0.3 is 5.73 Å². The van der Waals surface area contributed by atoms with Crippen molar-refractivity contribution in [1.82, 2.24) is 4.31 Å². The van der Waals surface area contributed by atoms with E-state index in [4.69, 9.17) is 5.73 Å². The van der Waals surface area contributed by atoms with Crippen LogP contribution in [0.2, 0.25) is 0 Å². The maximum atomic E-state index is 12.5. The number of nitrogen functional groups attached to an aromatic ring is 1. The Morgan fingerprint density at radius 3 is 2.33 bits per heavy atom. The number of benzene rings is 1. The van der Waals surface area contributed by atoms with Gasteiger partial charge in [-0.25, -0.2) is 8.42 Å². The molecule has 0 aliphatic heterocycles. The molecular formula is C11H16Br2N2O2S. The summed E-state index contributed by atoms with van der Waals surface area (Å²) in [5, 5.41) is 0. The van der Waals surface area contributed by atoms with E-state index in [1.165, 1.54) is 4.31 Å². The van der Waals surface area contributed by atoms with Gasteiger partial charge in [0.05, 0.1) is 5.69 Å². The Kier molecular flexibility index (Phi) is 5.64. The van der Waals surface area contributed by atoms with Gasteiger partial charge >= 0.3 is 0 Å². The fourth-order valence-electron chi connectivity index (χ4n) is 1.68. The molecule has 18 heavy (non-hydrogen) atoms. The third kappa shape index (κ3) is 3.26. The number of sulfonamides is 1. The van der Waals surface area contributed by atoms with E-state index < -0.39 is 10.0 Å². The minimum atomic E-state index is -3.55. The highest BCUT2D eigenvalue weighted by molar-refractivity contribution is 9.11. The van der Waals surface area contributed by atoms with E-state index in [0.717, 1.165) is 10.9 Å². The number of anilines is 1. The number of rotatable bonds is 5. The molecule has 0 aromatic heterocycles. The molecule has 0 bridgehead atoms. The van der Waals surface area contributed by atoms with Crippen molar-refractivity contribution < 1.29 is 8.42 Å². The molecule has 1 aromatic carbocycles. The van der Waals surface area contributed by atoms with Gasteiger partial charge in [-0.3, -0.25) is 0 Å². The average molecular weight is 400 g/mol. The first-order valence-corrected chi connectivity index (χ1v) is 8.61. The lowest BCUT2D eigenvalue weighted by Gasteiger charge is -2.21. The molecule has 0 amide bonds. The summed E-state index contributed by atoms with van der Waals surface area (Å²) >= 11 is 6.55. The lowest BCUT2D eigenvalue weighted by Crippen LogP contribution is -2.32. The minimum Gasteiger partial charge on any atom is -0.398 e. The Bertz CT molecular complexity index is 509. The normalized spacial score (nSPS) is 12.1. The molecule has 0 saturated carbocycles.